The van der Waals surface area contributed by atoms with Crippen LogP contribution in [0.5, 0.6) is 0 Å². The molecule has 1 radical (unpaired) electrons. The first kappa shape index (κ1) is 6.98. The maximum Gasteiger partial charge on any atom is 0.185 e. The minimum absolute atomic E-state index is 0.113. The predicted octanol–water partition coefficient (Wildman–Crippen LogP) is 0.387. The minimum atomic E-state index is 0.113. The Bertz CT molecular complexity index is 64.7. The third-order valence-electron chi connectivity index (χ3n) is 0.383. The van der Waals surface area contributed by atoms with E-state index in [1.165, 1.54) is 25.2 Å². The van der Waals surface area contributed by atoms with Gasteiger partial charge in [-0.15, -0.1) is 0 Å². The summed E-state index contributed by atoms with van der Waals surface area (Å²) in [5, 5.41) is 0.113. The molecule has 0 bridgehead atoms. The average molecular weight is 118 g/mol. The molecule has 0 atom stereocenters. The van der Waals surface area contributed by atoms with Gasteiger partial charge in [-0.1, -0.05) is 11.8 Å². The van der Waals surface area contributed by atoms with E-state index in [0.29, 0.717) is 5.75 Å². The summed E-state index contributed by atoms with van der Waals surface area (Å²) in [6.45, 7) is 2.99. The van der Waals surface area contributed by atoms with Crippen LogP contribution in [0.25, 0.3) is 0 Å². The van der Waals surface area contributed by atoms with E-state index in [-0.39, 0.29) is 5.12 Å². The summed E-state index contributed by atoms with van der Waals surface area (Å²) in [6.07, 6.45) is 0. The van der Waals surface area contributed by atoms with Crippen molar-refractivity contribution < 1.29 is 4.79 Å². The lowest BCUT2D eigenvalue weighted by atomic mass is 10.8. The van der Waals surface area contributed by atoms with Gasteiger partial charge in [0.1, 0.15) is 0 Å². The van der Waals surface area contributed by atoms with E-state index < -0.39 is 0 Å². The number of hydrogen-bond acceptors (Lipinski definition) is 3. The van der Waals surface area contributed by atoms with Crippen LogP contribution < -0.4 is 5.73 Å². The van der Waals surface area contributed by atoms with Crippen LogP contribution >= 0.6 is 11.8 Å². The summed E-state index contributed by atoms with van der Waals surface area (Å²) in [6, 6.07) is 0. The highest BCUT2D eigenvalue weighted by Crippen LogP contribution is 1.98. The van der Waals surface area contributed by atoms with Crippen LogP contribution in [0.3, 0.4) is 0 Å². The molecule has 3 heteroatoms. The van der Waals surface area contributed by atoms with Crippen LogP contribution in [0.2, 0.25) is 0 Å². The molecule has 0 fully saturated rings. The maximum absolute atomic E-state index is 10.1. The Kier molecular flexibility index (Phi) is 4.14. The zero-order valence-electron chi connectivity index (χ0n) is 4.18. The molecule has 0 aliphatic heterocycles. The summed E-state index contributed by atoms with van der Waals surface area (Å²) in [7, 11) is 0. The molecule has 0 aliphatic carbocycles. The van der Waals surface area contributed by atoms with Gasteiger partial charge in [0, 0.05) is 19.2 Å². The molecule has 0 amide bonds. The van der Waals surface area contributed by atoms with Crippen molar-refractivity contribution in [3.63, 3.8) is 0 Å². The lowest BCUT2D eigenvalue weighted by Crippen LogP contribution is -1.94. The van der Waals surface area contributed by atoms with Crippen LogP contribution in [0.15, 0.2) is 0 Å². The smallest absolute Gasteiger partial charge is 0.185 e. The molecular weight excluding hydrogens is 110 g/mol. The fourth-order valence-corrected chi connectivity index (χ4v) is 0.496. The standard InChI is InChI=1S/C4H8NOS/c1-4(6)7-3-2-5/h2H,3,5H2,1H3. The van der Waals surface area contributed by atoms with Gasteiger partial charge in [0.05, 0.1) is 0 Å². The van der Waals surface area contributed by atoms with Crippen molar-refractivity contribution in [3.05, 3.63) is 6.54 Å². The first-order chi connectivity index (χ1) is 3.27. The van der Waals surface area contributed by atoms with Gasteiger partial charge >= 0.3 is 0 Å². The molecule has 0 saturated heterocycles. The molecule has 41 valence electrons. The summed E-state index contributed by atoms with van der Waals surface area (Å²) in [5.74, 6) is 0.620. The van der Waals surface area contributed by atoms with Crippen molar-refractivity contribution >= 4 is 16.9 Å². The number of rotatable bonds is 2. The van der Waals surface area contributed by atoms with Gasteiger partial charge in [0.25, 0.3) is 0 Å². The lowest BCUT2D eigenvalue weighted by molar-refractivity contribution is -0.109. The van der Waals surface area contributed by atoms with Crippen molar-refractivity contribution in [3.8, 4) is 0 Å². The van der Waals surface area contributed by atoms with E-state index >= 15 is 0 Å². The first-order valence-corrected chi connectivity index (χ1v) is 2.92. The quantitative estimate of drug-likeness (QED) is 0.570. The molecule has 0 spiro atoms. The minimum Gasteiger partial charge on any atom is -0.326 e. The molecule has 7 heavy (non-hydrogen) atoms. The van der Waals surface area contributed by atoms with Crippen LogP contribution in [-0.2, 0) is 4.79 Å². The molecule has 2 nitrogen and oxygen atoms in total. The fourth-order valence-electron chi connectivity index (χ4n) is 0.165. The highest BCUT2D eigenvalue weighted by Gasteiger charge is 1.88. The van der Waals surface area contributed by atoms with Gasteiger partial charge in [0.15, 0.2) is 5.12 Å². The Labute approximate surface area is 47.5 Å². The number of carbonyl (C=O) groups excluding carboxylic acids is 1. The monoisotopic (exact) mass is 118 g/mol. The number of nitrogens with two attached hydrogens (primary N) is 1. The van der Waals surface area contributed by atoms with Crippen molar-refractivity contribution in [1.82, 2.24) is 0 Å². The summed E-state index contributed by atoms with van der Waals surface area (Å²) in [5.41, 5.74) is 4.98. The van der Waals surface area contributed by atoms with Crippen LogP contribution in [-0.4, -0.2) is 10.9 Å². The SMILES string of the molecule is CC(=O)SC[CH]N. The molecule has 0 aromatic carbocycles. The van der Waals surface area contributed by atoms with E-state index in [1.807, 2.05) is 0 Å². The summed E-state index contributed by atoms with van der Waals surface area (Å²) in [4.78, 5) is 10.1. The second-order valence-electron chi connectivity index (χ2n) is 1.04. The van der Waals surface area contributed by atoms with Gasteiger partial charge in [-0.25, -0.2) is 0 Å². The molecule has 0 unspecified atom stereocenters. The third-order valence-corrected chi connectivity index (χ3v) is 1.15. The van der Waals surface area contributed by atoms with E-state index in [9.17, 15) is 4.79 Å². The summed E-state index contributed by atoms with van der Waals surface area (Å²) >= 11 is 1.21. The van der Waals surface area contributed by atoms with Gasteiger partial charge in [-0.3, -0.25) is 4.79 Å². The largest absolute Gasteiger partial charge is 0.326 e. The molecule has 0 aromatic heterocycles. The van der Waals surface area contributed by atoms with E-state index in [2.05, 4.69) is 0 Å². The molecule has 2 N–H and O–H groups in total. The van der Waals surface area contributed by atoms with Crippen LogP contribution in [0, 0.1) is 6.54 Å². The number of thioether (sulfide) groups is 1. The second-order valence-corrected chi connectivity index (χ2v) is 2.24. The zero-order chi connectivity index (χ0) is 5.70. The molecule has 0 rings (SSSR count). The van der Waals surface area contributed by atoms with Gasteiger partial charge in [0.2, 0.25) is 0 Å². The molecule has 0 saturated carbocycles. The Morgan fingerprint density at radius 1 is 2.00 bits per heavy atom. The Balaban J connectivity index is 2.82. The van der Waals surface area contributed by atoms with Crippen molar-refractivity contribution in [2.24, 2.45) is 5.73 Å². The Morgan fingerprint density at radius 3 is 2.71 bits per heavy atom. The second kappa shape index (κ2) is 4.15. The van der Waals surface area contributed by atoms with Crippen molar-refractivity contribution in [1.29, 1.82) is 0 Å². The van der Waals surface area contributed by atoms with Crippen LogP contribution in [0.4, 0.5) is 0 Å². The fraction of sp³-hybridized carbons (Fsp3) is 0.500. The lowest BCUT2D eigenvalue weighted by Gasteiger charge is -1.86. The molecular formula is C4H8NOS. The normalized spacial score (nSPS) is 8.86. The van der Waals surface area contributed by atoms with Crippen LogP contribution in [0.1, 0.15) is 6.92 Å². The van der Waals surface area contributed by atoms with Crippen molar-refractivity contribution in [2.45, 2.75) is 6.92 Å². The van der Waals surface area contributed by atoms with Gasteiger partial charge < -0.3 is 5.73 Å². The van der Waals surface area contributed by atoms with Gasteiger partial charge in [-0.05, 0) is 0 Å². The zero-order valence-corrected chi connectivity index (χ0v) is 4.99. The van der Waals surface area contributed by atoms with E-state index in [1.54, 1.807) is 0 Å². The highest BCUT2D eigenvalue weighted by molar-refractivity contribution is 8.13. The molecule has 0 aromatic rings. The van der Waals surface area contributed by atoms with E-state index in [0.717, 1.165) is 0 Å². The molecule has 0 heterocycles. The first-order valence-electron chi connectivity index (χ1n) is 1.94. The third kappa shape index (κ3) is 5.98. The number of hydrogen-bond donors (Lipinski definition) is 1. The Morgan fingerprint density at radius 2 is 2.57 bits per heavy atom. The molecule has 0 aliphatic rings. The summed E-state index contributed by atoms with van der Waals surface area (Å²) < 4.78 is 0. The van der Waals surface area contributed by atoms with E-state index in [4.69, 9.17) is 5.73 Å². The highest BCUT2D eigenvalue weighted by atomic mass is 32.2. The van der Waals surface area contributed by atoms with Crippen molar-refractivity contribution in [2.75, 3.05) is 5.75 Å². The van der Waals surface area contributed by atoms with Gasteiger partial charge in [-0.2, -0.15) is 0 Å². The topological polar surface area (TPSA) is 43.1 Å². The average Bonchev–Trinajstić information content (AvgIpc) is 1.61. The predicted molar refractivity (Wildman–Crippen MR) is 31.6 cm³/mol. The number of carbonyl (C=O) groups is 1. The maximum atomic E-state index is 10.1. The Hall–Kier alpha value is -0.0200.